The minimum Gasteiger partial charge on any atom is -0.481 e. The van der Waals surface area contributed by atoms with Crippen molar-refractivity contribution in [3.63, 3.8) is 0 Å². The fraction of sp³-hybridized carbons (Fsp3) is 0.882. The largest absolute Gasteiger partial charge is 0.481 e. The lowest BCUT2D eigenvalue weighted by molar-refractivity contribution is -0.150. The van der Waals surface area contributed by atoms with Crippen molar-refractivity contribution < 1.29 is 24.2 Å². The van der Waals surface area contributed by atoms with Gasteiger partial charge in [-0.2, -0.15) is 0 Å². The summed E-state index contributed by atoms with van der Waals surface area (Å²) in [4.78, 5) is 23.8. The maximum absolute atomic E-state index is 11.9. The van der Waals surface area contributed by atoms with Crippen LogP contribution in [-0.4, -0.2) is 43.0 Å². The predicted molar refractivity (Wildman–Crippen MR) is 87.4 cm³/mol. The van der Waals surface area contributed by atoms with E-state index < -0.39 is 23.1 Å². The molecule has 0 saturated heterocycles. The molecule has 0 aromatic carbocycles. The Morgan fingerprint density at radius 2 is 1.87 bits per heavy atom. The number of hydrogen-bond donors (Lipinski definition) is 2. The van der Waals surface area contributed by atoms with Crippen molar-refractivity contribution in [2.75, 3.05) is 20.3 Å². The van der Waals surface area contributed by atoms with Gasteiger partial charge in [-0.1, -0.05) is 12.8 Å². The van der Waals surface area contributed by atoms with Crippen molar-refractivity contribution in [3.8, 4) is 0 Å². The average Bonchev–Trinajstić information content (AvgIpc) is 3.22. The molecule has 134 valence electrons. The fourth-order valence-electron chi connectivity index (χ4n) is 2.67. The zero-order chi connectivity index (χ0) is 17.5. The van der Waals surface area contributed by atoms with E-state index in [2.05, 4.69) is 5.32 Å². The summed E-state index contributed by atoms with van der Waals surface area (Å²) in [6.07, 6.45) is 4.35. The van der Waals surface area contributed by atoms with Gasteiger partial charge in [-0.25, -0.2) is 4.79 Å². The second kappa shape index (κ2) is 8.52. The van der Waals surface area contributed by atoms with Gasteiger partial charge in [0.05, 0.1) is 5.41 Å². The highest BCUT2D eigenvalue weighted by atomic mass is 16.6. The molecule has 0 aromatic rings. The quantitative estimate of drug-likeness (QED) is 0.601. The molecule has 1 unspecified atom stereocenters. The lowest BCUT2D eigenvalue weighted by Gasteiger charge is -2.30. The van der Waals surface area contributed by atoms with Gasteiger partial charge in [0, 0.05) is 20.3 Å². The number of carboxylic acid groups (broad SMARTS) is 1. The zero-order valence-electron chi connectivity index (χ0n) is 14.8. The van der Waals surface area contributed by atoms with E-state index in [1.165, 1.54) is 0 Å². The summed E-state index contributed by atoms with van der Waals surface area (Å²) in [5, 5.41) is 12.4. The van der Waals surface area contributed by atoms with Crippen LogP contribution in [0.15, 0.2) is 0 Å². The third-order valence-electron chi connectivity index (χ3n) is 4.05. The van der Waals surface area contributed by atoms with Crippen LogP contribution < -0.4 is 5.32 Å². The number of aliphatic carboxylic acids is 1. The van der Waals surface area contributed by atoms with Crippen molar-refractivity contribution in [3.05, 3.63) is 0 Å². The Balaban J connectivity index is 2.64. The molecule has 1 fully saturated rings. The van der Waals surface area contributed by atoms with Crippen molar-refractivity contribution >= 4 is 12.1 Å². The highest BCUT2D eigenvalue weighted by Crippen LogP contribution is 2.43. The van der Waals surface area contributed by atoms with Gasteiger partial charge in [-0.05, 0) is 52.4 Å². The van der Waals surface area contributed by atoms with Crippen LogP contribution in [0.4, 0.5) is 4.79 Å². The van der Waals surface area contributed by atoms with Gasteiger partial charge < -0.3 is 19.9 Å². The summed E-state index contributed by atoms with van der Waals surface area (Å²) in [7, 11) is 1.64. The summed E-state index contributed by atoms with van der Waals surface area (Å²) >= 11 is 0. The zero-order valence-corrected chi connectivity index (χ0v) is 14.8. The molecule has 1 aliphatic rings. The predicted octanol–water partition coefficient (Wildman–Crippen LogP) is 3.20. The number of ether oxygens (including phenoxy) is 2. The monoisotopic (exact) mass is 329 g/mol. The van der Waals surface area contributed by atoms with Crippen LogP contribution in [0.3, 0.4) is 0 Å². The number of hydrogen-bond acceptors (Lipinski definition) is 4. The van der Waals surface area contributed by atoms with Gasteiger partial charge in [0.1, 0.15) is 5.60 Å². The average molecular weight is 329 g/mol. The van der Waals surface area contributed by atoms with E-state index in [9.17, 15) is 14.7 Å². The number of amides is 1. The number of alkyl carbamates (subject to hydrolysis) is 1. The number of carbonyl (C=O) groups excluding carboxylic acids is 1. The topological polar surface area (TPSA) is 84.9 Å². The number of methoxy groups -OCH3 is 1. The van der Waals surface area contributed by atoms with E-state index in [1.54, 1.807) is 27.9 Å². The highest BCUT2D eigenvalue weighted by Gasteiger charge is 2.43. The van der Waals surface area contributed by atoms with Gasteiger partial charge in [-0.3, -0.25) is 4.79 Å². The SMILES string of the molecule is COCCCCC(CNC(=O)OC(C)(C)C)(CC1CC1)C(=O)O. The smallest absolute Gasteiger partial charge is 0.407 e. The first-order valence-corrected chi connectivity index (χ1v) is 8.38. The van der Waals surface area contributed by atoms with Crippen LogP contribution in [-0.2, 0) is 14.3 Å². The Bertz CT molecular complexity index is 400. The first kappa shape index (κ1) is 19.7. The van der Waals surface area contributed by atoms with Crippen molar-refractivity contribution in [1.29, 1.82) is 0 Å². The molecule has 1 atom stereocenters. The summed E-state index contributed by atoms with van der Waals surface area (Å²) in [5.74, 6) is -0.369. The van der Waals surface area contributed by atoms with E-state index in [1.807, 2.05) is 0 Å². The first-order chi connectivity index (χ1) is 10.7. The molecule has 6 heteroatoms. The fourth-order valence-corrected chi connectivity index (χ4v) is 2.67. The minimum absolute atomic E-state index is 0.112. The Morgan fingerprint density at radius 1 is 1.22 bits per heavy atom. The Hall–Kier alpha value is -1.30. The molecule has 0 aromatic heterocycles. The van der Waals surface area contributed by atoms with E-state index >= 15 is 0 Å². The van der Waals surface area contributed by atoms with Gasteiger partial charge in [-0.15, -0.1) is 0 Å². The lowest BCUT2D eigenvalue weighted by Crippen LogP contribution is -2.45. The molecule has 1 saturated carbocycles. The number of carboxylic acids is 1. The molecule has 2 N–H and O–H groups in total. The number of unbranched alkanes of at least 4 members (excludes halogenated alkanes) is 1. The van der Waals surface area contributed by atoms with Gasteiger partial charge >= 0.3 is 12.1 Å². The standard InChI is InChI=1S/C17H31NO5/c1-16(2,3)23-15(21)18-12-17(14(19)20,11-13-7-8-13)9-5-6-10-22-4/h13H,5-12H2,1-4H3,(H,18,21)(H,19,20). The molecule has 1 aliphatic carbocycles. The van der Waals surface area contributed by atoms with Gasteiger partial charge in [0.25, 0.3) is 0 Å². The van der Waals surface area contributed by atoms with Crippen molar-refractivity contribution in [2.45, 2.75) is 64.9 Å². The second-order valence-corrected chi connectivity index (χ2v) is 7.54. The van der Waals surface area contributed by atoms with E-state index in [4.69, 9.17) is 9.47 Å². The second-order valence-electron chi connectivity index (χ2n) is 7.54. The lowest BCUT2D eigenvalue weighted by atomic mass is 9.78. The third kappa shape index (κ3) is 7.68. The van der Waals surface area contributed by atoms with E-state index in [0.29, 0.717) is 25.4 Å². The maximum atomic E-state index is 11.9. The Kier molecular flexibility index (Phi) is 7.32. The number of nitrogens with one attached hydrogen (secondary N) is 1. The molecular formula is C17H31NO5. The van der Waals surface area contributed by atoms with Crippen LogP contribution in [0.2, 0.25) is 0 Å². The van der Waals surface area contributed by atoms with Crippen LogP contribution in [0, 0.1) is 11.3 Å². The summed E-state index contributed by atoms with van der Waals surface area (Å²) in [6.45, 7) is 6.09. The van der Waals surface area contributed by atoms with Crippen molar-refractivity contribution in [1.82, 2.24) is 5.32 Å². The van der Waals surface area contributed by atoms with Crippen LogP contribution in [0.5, 0.6) is 0 Å². The summed E-state index contributed by atoms with van der Waals surface area (Å²) < 4.78 is 10.2. The van der Waals surface area contributed by atoms with Gasteiger partial charge in [0.15, 0.2) is 0 Å². The molecule has 0 spiro atoms. The molecule has 1 amide bonds. The molecule has 0 bridgehead atoms. The van der Waals surface area contributed by atoms with Crippen LogP contribution in [0.25, 0.3) is 0 Å². The van der Waals surface area contributed by atoms with E-state index in [-0.39, 0.29) is 6.54 Å². The molecule has 0 heterocycles. The third-order valence-corrected chi connectivity index (χ3v) is 4.05. The summed E-state index contributed by atoms with van der Waals surface area (Å²) in [5.41, 5.74) is -1.50. The molecule has 23 heavy (non-hydrogen) atoms. The maximum Gasteiger partial charge on any atom is 0.407 e. The van der Waals surface area contributed by atoms with Crippen LogP contribution >= 0.6 is 0 Å². The number of rotatable bonds is 10. The molecule has 0 radical (unpaired) electrons. The first-order valence-electron chi connectivity index (χ1n) is 8.38. The normalized spacial score (nSPS) is 17.4. The number of carbonyl (C=O) groups is 2. The van der Waals surface area contributed by atoms with Crippen molar-refractivity contribution in [2.24, 2.45) is 11.3 Å². The molecule has 6 nitrogen and oxygen atoms in total. The highest BCUT2D eigenvalue weighted by molar-refractivity contribution is 5.76. The van der Waals surface area contributed by atoms with Gasteiger partial charge in [0.2, 0.25) is 0 Å². The molecular weight excluding hydrogens is 298 g/mol. The van der Waals surface area contributed by atoms with Crippen LogP contribution in [0.1, 0.15) is 59.3 Å². The summed E-state index contributed by atoms with van der Waals surface area (Å²) in [6, 6.07) is 0. The molecule has 1 rings (SSSR count). The van der Waals surface area contributed by atoms with E-state index in [0.717, 1.165) is 25.7 Å². The molecule has 0 aliphatic heterocycles. The Morgan fingerprint density at radius 3 is 2.35 bits per heavy atom. The Labute approximate surface area is 138 Å². The minimum atomic E-state index is -0.911.